The minimum absolute atomic E-state index is 0.192. The van der Waals surface area contributed by atoms with E-state index >= 15 is 0 Å². The molecule has 2 heteroatoms. The van der Waals surface area contributed by atoms with Crippen LogP contribution in [0.2, 0.25) is 19.6 Å². The Labute approximate surface area is 80.4 Å². The molecule has 0 saturated heterocycles. The van der Waals surface area contributed by atoms with Crippen LogP contribution < -0.4 is 0 Å². The Morgan fingerprint density at radius 3 is 2.15 bits per heavy atom. The number of aliphatic hydroxyl groups is 1. The van der Waals surface area contributed by atoms with Crippen LogP contribution >= 0.6 is 0 Å². The van der Waals surface area contributed by atoms with Crippen molar-refractivity contribution in [3.63, 3.8) is 0 Å². The number of rotatable bonds is 1. The van der Waals surface area contributed by atoms with Gasteiger partial charge in [-0.2, -0.15) is 0 Å². The van der Waals surface area contributed by atoms with Crippen molar-refractivity contribution in [2.75, 3.05) is 0 Å². The summed E-state index contributed by atoms with van der Waals surface area (Å²) >= 11 is 0. The van der Waals surface area contributed by atoms with Crippen LogP contribution in [-0.2, 0) is 0 Å². The molecule has 1 aromatic rings. The van der Waals surface area contributed by atoms with E-state index in [1.54, 1.807) is 0 Å². The van der Waals surface area contributed by atoms with Gasteiger partial charge in [0.1, 0.15) is 0 Å². The van der Waals surface area contributed by atoms with Gasteiger partial charge < -0.3 is 5.11 Å². The predicted octanol–water partition coefficient (Wildman–Crippen LogP) is 2.69. The Bertz CT molecular complexity index is 327. The summed E-state index contributed by atoms with van der Waals surface area (Å²) in [5, 5.41) is 9.93. The minimum Gasteiger partial charge on any atom is -0.388 e. The Kier molecular flexibility index (Phi) is 1.86. The van der Waals surface area contributed by atoms with E-state index in [1.165, 1.54) is 5.56 Å². The molecule has 0 amide bonds. The van der Waals surface area contributed by atoms with E-state index in [-0.39, 0.29) is 6.10 Å². The molecule has 1 aromatic carbocycles. The van der Waals surface area contributed by atoms with Gasteiger partial charge in [-0.1, -0.05) is 43.9 Å². The summed E-state index contributed by atoms with van der Waals surface area (Å²) in [6.07, 6.45) is -0.192. The lowest BCUT2D eigenvalue weighted by Gasteiger charge is -2.43. The SMILES string of the molecule is C[Si](C)(C)[C@H]1c2ccccc2[C@H]1O. The average molecular weight is 192 g/mol. The molecule has 2 rings (SSSR count). The fourth-order valence-electron chi connectivity index (χ4n) is 2.26. The maximum atomic E-state index is 9.93. The van der Waals surface area contributed by atoms with E-state index < -0.39 is 8.07 Å². The number of aliphatic hydroxyl groups excluding tert-OH is 1. The van der Waals surface area contributed by atoms with Crippen LogP contribution in [0.1, 0.15) is 22.8 Å². The molecule has 0 aromatic heterocycles. The molecule has 0 fully saturated rings. The van der Waals surface area contributed by atoms with E-state index in [0.29, 0.717) is 5.54 Å². The topological polar surface area (TPSA) is 20.2 Å². The molecule has 0 unspecified atom stereocenters. The molecule has 0 heterocycles. The smallest absolute Gasteiger partial charge is 0.0837 e. The second kappa shape index (κ2) is 2.69. The van der Waals surface area contributed by atoms with Gasteiger partial charge in [0.2, 0.25) is 0 Å². The standard InChI is InChI=1S/C11H16OSi/c1-13(2,3)11-9-7-5-4-6-8(9)10(11)12/h4-7,10-12H,1-3H3/t10-,11+/m1/s1. The predicted molar refractivity (Wildman–Crippen MR) is 57.5 cm³/mol. The fraction of sp³-hybridized carbons (Fsp3) is 0.455. The van der Waals surface area contributed by atoms with Crippen molar-refractivity contribution in [3.8, 4) is 0 Å². The molecule has 1 nitrogen and oxygen atoms in total. The molecule has 0 radical (unpaired) electrons. The summed E-state index contributed by atoms with van der Waals surface area (Å²) in [6.45, 7) is 6.95. The molecule has 0 aliphatic heterocycles. The minimum atomic E-state index is -1.24. The fourth-order valence-corrected chi connectivity index (χ4v) is 4.58. The number of fused-ring (bicyclic) bond motifs is 1. The van der Waals surface area contributed by atoms with Crippen LogP contribution in [-0.4, -0.2) is 13.2 Å². The first-order chi connectivity index (χ1) is 6.02. The number of hydrogen-bond acceptors (Lipinski definition) is 1. The maximum absolute atomic E-state index is 9.93. The van der Waals surface area contributed by atoms with E-state index in [4.69, 9.17) is 0 Å². The number of benzene rings is 1. The molecule has 13 heavy (non-hydrogen) atoms. The van der Waals surface area contributed by atoms with Gasteiger partial charge in [-0.25, -0.2) is 0 Å². The van der Waals surface area contributed by atoms with Gasteiger partial charge in [-0.3, -0.25) is 0 Å². The van der Waals surface area contributed by atoms with Crippen molar-refractivity contribution in [2.45, 2.75) is 31.3 Å². The molecule has 1 N–H and O–H groups in total. The third-order valence-electron chi connectivity index (χ3n) is 2.90. The monoisotopic (exact) mass is 192 g/mol. The van der Waals surface area contributed by atoms with Crippen LogP contribution in [0.5, 0.6) is 0 Å². The maximum Gasteiger partial charge on any atom is 0.0837 e. The van der Waals surface area contributed by atoms with Crippen LogP contribution in [0.4, 0.5) is 0 Å². The van der Waals surface area contributed by atoms with E-state index in [1.807, 2.05) is 12.1 Å². The molecule has 2 atom stereocenters. The third-order valence-corrected chi connectivity index (χ3v) is 5.39. The van der Waals surface area contributed by atoms with Gasteiger partial charge in [0, 0.05) is 5.54 Å². The first-order valence-corrected chi connectivity index (χ1v) is 8.36. The molecule has 0 spiro atoms. The van der Waals surface area contributed by atoms with Crippen molar-refractivity contribution in [2.24, 2.45) is 0 Å². The van der Waals surface area contributed by atoms with Crippen LogP contribution in [0.25, 0.3) is 0 Å². The van der Waals surface area contributed by atoms with Crippen molar-refractivity contribution in [3.05, 3.63) is 35.4 Å². The van der Waals surface area contributed by atoms with Crippen molar-refractivity contribution in [1.29, 1.82) is 0 Å². The molecular weight excluding hydrogens is 176 g/mol. The zero-order valence-corrected chi connectivity index (χ0v) is 9.41. The zero-order chi connectivity index (χ0) is 9.64. The van der Waals surface area contributed by atoms with E-state index in [0.717, 1.165) is 5.56 Å². The average Bonchev–Trinajstić information content (AvgIpc) is 2.00. The number of hydrogen-bond donors (Lipinski definition) is 1. The highest BCUT2D eigenvalue weighted by molar-refractivity contribution is 6.78. The van der Waals surface area contributed by atoms with Crippen molar-refractivity contribution < 1.29 is 5.11 Å². The Morgan fingerprint density at radius 2 is 1.62 bits per heavy atom. The highest BCUT2D eigenvalue weighted by Crippen LogP contribution is 2.49. The Morgan fingerprint density at radius 1 is 1.08 bits per heavy atom. The van der Waals surface area contributed by atoms with E-state index in [2.05, 4.69) is 31.8 Å². The Balaban J connectivity index is 2.40. The van der Waals surface area contributed by atoms with Gasteiger partial charge in [0.05, 0.1) is 14.2 Å². The lowest BCUT2D eigenvalue weighted by atomic mass is 9.85. The van der Waals surface area contributed by atoms with Crippen molar-refractivity contribution in [1.82, 2.24) is 0 Å². The largest absolute Gasteiger partial charge is 0.388 e. The molecule has 1 aliphatic carbocycles. The highest BCUT2D eigenvalue weighted by Gasteiger charge is 2.43. The van der Waals surface area contributed by atoms with Crippen molar-refractivity contribution >= 4 is 8.07 Å². The second-order valence-corrected chi connectivity index (χ2v) is 10.3. The molecule has 1 aliphatic rings. The normalized spacial score (nSPS) is 26.5. The van der Waals surface area contributed by atoms with E-state index in [9.17, 15) is 5.11 Å². The van der Waals surface area contributed by atoms with Gasteiger partial charge in [-0.15, -0.1) is 0 Å². The lowest BCUT2D eigenvalue weighted by molar-refractivity contribution is 0.143. The van der Waals surface area contributed by atoms with Crippen LogP contribution in [0.15, 0.2) is 24.3 Å². The summed E-state index contributed by atoms with van der Waals surface area (Å²) < 4.78 is 0. The third kappa shape index (κ3) is 1.25. The molecular formula is C11H16OSi. The summed E-state index contributed by atoms with van der Waals surface area (Å²) in [5.74, 6) is 0. The summed E-state index contributed by atoms with van der Waals surface area (Å²) in [4.78, 5) is 0. The molecule has 0 bridgehead atoms. The molecule has 0 saturated carbocycles. The second-order valence-electron chi connectivity index (χ2n) is 4.92. The molecule has 70 valence electrons. The van der Waals surface area contributed by atoms with Gasteiger partial charge in [-0.05, 0) is 11.1 Å². The Hall–Kier alpha value is -0.603. The first-order valence-electron chi connectivity index (χ1n) is 4.78. The summed E-state index contributed by atoms with van der Waals surface area (Å²) in [5.41, 5.74) is 2.98. The van der Waals surface area contributed by atoms with Gasteiger partial charge in [0.15, 0.2) is 0 Å². The lowest BCUT2D eigenvalue weighted by Crippen LogP contribution is -2.41. The van der Waals surface area contributed by atoms with Crippen LogP contribution in [0, 0.1) is 0 Å². The summed E-state index contributed by atoms with van der Waals surface area (Å²) in [6, 6.07) is 8.27. The van der Waals surface area contributed by atoms with Gasteiger partial charge in [0.25, 0.3) is 0 Å². The highest BCUT2D eigenvalue weighted by atomic mass is 28.3. The summed E-state index contributed by atoms with van der Waals surface area (Å²) in [7, 11) is -1.24. The van der Waals surface area contributed by atoms with Crippen LogP contribution in [0.3, 0.4) is 0 Å². The quantitative estimate of drug-likeness (QED) is 0.678. The van der Waals surface area contributed by atoms with Gasteiger partial charge >= 0.3 is 0 Å². The zero-order valence-electron chi connectivity index (χ0n) is 8.41. The first kappa shape index (κ1) is 8.97.